The summed E-state index contributed by atoms with van der Waals surface area (Å²) < 4.78 is 26.4. The van der Waals surface area contributed by atoms with Crippen molar-refractivity contribution >= 4 is 19.8 Å². The Hall–Kier alpha value is -1.47. The maximum Gasteiger partial charge on any atom is 0.469 e. The van der Waals surface area contributed by atoms with Crippen LogP contribution in [0.2, 0.25) is 0 Å². The highest BCUT2D eigenvalue weighted by atomic mass is 31.2. The highest BCUT2D eigenvalue weighted by Gasteiger charge is 2.23. The Bertz CT molecular complexity index is 931. The molecule has 0 aliphatic rings. The van der Waals surface area contributed by atoms with Crippen molar-refractivity contribution in [3.05, 3.63) is 24.3 Å². The molecule has 0 aromatic rings. The van der Waals surface area contributed by atoms with E-state index in [1.807, 2.05) is 0 Å². The van der Waals surface area contributed by atoms with Crippen LogP contribution < -0.4 is 0 Å². The number of esters is 2. The summed E-state index contributed by atoms with van der Waals surface area (Å²) in [6.45, 7) is 3.69. The lowest BCUT2D eigenvalue weighted by molar-refractivity contribution is -0.161. The summed E-state index contributed by atoms with van der Waals surface area (Å²) in [5.74, 6) is -0.877. The summed E-state index contributed by atoms with van der Waals surface area (Å²) in [7, 11) is -4.75. The van der Waals surface area contributed by atoms with E-state index in [-0.39, 0.29) is 19.4 Å². The van der Waals surface area contributed by atoms with Crippen molar-refractivity contribution in [1.29, 1.82) is 0 Å². The molecule has 0 aliphatic heterocycles. The van der Waals surface area contributed by atoms with Gasteiger partial charge in [0.15, 0.2) is 6.10 Å². The number of hydrogen-bond acceptors (Lipinski definition) is 6. The number of unbranched alkanes of at least 4 members (excludes halogenated alkanes) is 28. The van der Waals surface area contributed by atoms with Crippen LogP contribution in [0.25, 0.3) is 0 Å². The molecule has 8 nitrogen and oxygen atoms in total. The SMILES string of the molecule is CCCCCCC/C=C\C/C=C\CCCCCCCCCCCCCC(=O)OC(COC(=O)CCCCCCCCCCCCCCC)COP(=O)(O)O. The lowest BCUT2D eigenvalue weighted by Gasteiger charge is -2.18. The van der Waals surface area contributed by atoms with Crippen LogP contribution >= 0.6 is 7.82 Å². The molecule has 2 N–H and O–H groups in total. The second-order valence-electron chi connectivity index (χ2n) is 15.4. The minimum absolute atomic E-state index is 0.213. The second kappa shape index (κ2) is 41.2. The minimum Gasteiger partial charge on any atom is -0.462 e. The van der Waals surface area contributed by atoms with Gasteiger partial charge in [-0.15, -0.1) is 0 Å². The predicted octanol–water partition coefficient (Wildman–Crippen LogP) is 14.0. The fourth-order valence-electron chi connectivity index (χ4n) is 6.58. The van der Waals surface area contributed by atoms with Crippen LogP contribution in [0, 0.1) is 0 Å². The van der Waals surface area contributed by atoms with E-state index in [1.165, 1.54) is 154 Å². The zero-order valence-electron chi connectivity index (χ0n) is 35.1. The van der Waals surface area contributed by atoms with Gasteiger partial charge in [0.2, 0.25) is 0 Å². The number of phosphoric acid groups is 1. The van der Waals surface area contributed by atoms with Gasteiger partial charge in [0.05, 0.1) is 6.61 Å². The summed E-state index contributed by atoms with van der Waals surface area (Å²) in [5, 5.41) is 0. The average Bonchev–Trinajstić information content (AvgIpc) is 3.14. The number of ether oxygens (including phenoxy) is 2. The second-order valence-corrected chi connectivity index (χ2v) is 16.6. The van der Waals surface area contributed by atoms with E-state index in [0.29, 0.717) is 6.42 Å². The van der Waals surface area contributed by atoms with Crippen molar-refractivity contribution in [2.45, 2.75) is 238 Å². The van der Waals surface area contributed by atoms with Crippen LogP contribution in [-0.2, 0) is 28.2 Å². The van der Waals surface area contributed by atoms with Gasteiger partial charge in [-0.05, 0) is 44.9 Å². The molecule has 0 saturated carbocycles. The standard InChI is InChI=1S/C45H85O8P/c1-3-5-7-9-11-13-15-17-18-19-20-21-22-23-24-25-26-28-30-32-34-36-38-40-45(47)53-43(42-52-54(48,49)50)41-51-44(46)39-37-35-33-31-29-27-16-14-12-10-8-6-4-2/h15,17,19-20,43H,3-14,16,18,21-42H2,1-2H3,(H2,48,49,50)/b17-15-,20-19-. The van der Waals surface area contributed by atoms with Gasteiger partial charge in [-0.25, -0.2) is 4.57 Å². The Labute approximate surface area is 332 Å². The molecule has 0 heterocycles. The van der Waals surface area contributed by atoms with Crippen LogP contribution in [-0.4, -0.2) is 41.0 Å². The quantitative estimate of drug-likeness (QED) is 0.0272. The number of carbonyl (C=O) groups excluding carboxylic acids is 2. The fourth-order valence-corrected chi connectivity index (χ4v) is 6.94. The van der Waals surface area contributed by atoms with Crippen LogP contribution in [0.15, 0.2) is 24.3 Å². The molecule has 9 heteroatoms. The molecular weight excluding hydrogens is 699 g/mol. The first kappa shape index (κ1) is 52.5. The van der Waals surface area contributed by atoms with Crippen molar-refractivity contribution in [1.82, 2.24) is 0 Å². The summed E-state index contributed by atoms with van der Waals surface area (Å²) in [6.07, 6.45) is 47.6. The first-order valence-electron chi connectivity index (χ1n) is 22.6. The molecule has 0 amide bonds. The van der Waals surface area contributed by atoms with E-state index in [9.17, 15) is 14.2 Å². The van der Waals surface area contributed by atoms with Gasteiger partial charge in [0, 0.05) is 12.8 Å². The molecule has 0 spiro atoms. The molecule has 318 valence electrons. The Morgan fingerprint density at radius 3 is 1.22 bits per heavy atom. The Morgan fingerprint density at radius 1 is 0.481 bits per heavy atom. The van der Waals surface area contributed by atoms with E-state index in [0.717, 1.165) is 44.9 Å². The normalized spacial score (nSPS) is 12.6. The molecule has 0 aromatic carbocycles. The first-order valence-corrected chi connectivity index (χ1v) is 24.2. The lowest BCUT2D eigenvalue weighted by atomic mass is 10.0. The lowest BCUT2D eigenvalue weighted by Crippen LogP contribution is -2.29. The van der Waals surface area contributed by atoms with E-state index < -0.39 is 32.5 Å². The van der Waals surface area contributed by atoms with Gasteiger partial charge < -0.3 is 19.3 Å². The maximum absolute atomic E-state index is 12.4. The number of carbonyl (C=O) groups is 2. The van der Waals surface area contributed by atoms with Gasteiger partial charge in [-0.3, -0.25) is 14.1 Å². The molecular formula is C45H85O8P. The Kier molecular flexibility index (Phi) is 40.1. The largest absolute Gasteiger partial charge is 0.469 e. The van der Waals surface area contributed by atoms with Crippen LogP contribution in [0.4, 0.5) is 0 Å². The van der Waals surface area contributed by atoms with Crippen LogP contribution in [0.1, 0.15) is 232 Å². The molecule has 0 fully saturated rings. The third kappa shape index (κ3) is 43.3. The molecule has 0 aromatic heterocycles. The molecule has 1 atom stereocenters. The molecule has 54 heavy (non-hydrogen) atoms. The van der Waals surface area contributed by atoms with Gasteiger partial charge >= 0.3 is 19.8 Å². The highest BCUT2D eigenvalue weighted by molar-refractivity contribution is 7.46. The number of phosphoric ester groups is 1. The summed E-state index contributed by atoms with van der Waals surface area (Å²) in [5.41, 5.74) is 0. The summed E-state index contributed by atoms with van der Waals surface area (Å²) in [4.78, 5) is 42.9. The van der Waals surface area contributed by atoms with E-state index in [4.69, 9.17) is 19.3 Å². The monoisotopic (exact) mass is 785 g/mol. The summed E-state index contributed by atoms with van der Waals surface area (Å²) >= 11 is 0. The van der Waals surface area contributed by atoms with Crippen molar-refractivity contribution < 1.29 is 37.9 Å². The number of hydrogen-bond donors (Lipinski definition) is 2. The summed E-state index contributed by atoms with van der Waals surface area (Å²) in [6, 6.07) is 0. The van der Waals surface area contributed by atoms with Crippen molar-refractivity contribution in [2.75, 3.05) is 13.2 Å². The van der Waals surface area contributed by atoms with Crippen molar-refractivity contribution in [3.8, 4) is 0 Å². The van der Waals surface area contributed by atoms with Gasteiger partial charge in [-0.1, -0.05) is 199 Å². The fraction of sp³-hybridized carbons (Fsp3) is 0.867. The zero-order chi connectivity index (χ0) is 39.6. The Morgan fingerprint density at radius 2 is 0.833 bits per heavy atom. The topological polar surface area (TPSA) is 119 Å². The van der Waals surface area contributed by atoms with E-state index >= 15 is 0 Å². The molecule has 0 radical (unpaired) electrons. The highest BCUT2D eigenvalue weighted by Crippen LogP contribution is 2.36. The zero-order valence-corrected chi connectivity index (χ0v) is 36.0. The van der Waals surface area contributed by atoms with E-state index in [2.05, 4.69) is 42.7 Å². The third-order valence-corrected chi connectivity index (χ3v) is 10.5. The van der Waals surface area contributed by atoms with Crippen molar-refractivity contribution in [2.24, 2.45) is 0 Å². The molecule has 1 unspecified atom stereocenters. The maximum atomic E-state index is 12.4. The first-order chi connectivity index (χ1) is 26.3. The molecule has 0 saturated heterocycles. The van der Waals surface area contributed by atoms with Crippen molar-refractivity contribution in [3.63, 3.8) is 0 Å². The smallest absolute Gasteiger partial charge is 0.462 e. The Balaban J connectivity index is 3.83. The average molecular weight is 785 g/mol. The van der Waals surface area contributed by atoms with Gasteiger partial charge in [0.25, 0.3) is 0 Å². The predicted molar refractivity (Wildman–Crippen MR) is 225 cm³/mol. The minimum atomic E-state index is -4.75. The molecule has 0 rings (SSSR count). The van der Waals surface area contributed by atoms with Crippen LogP contribution in [0.3, 0.4) is 0 Å². The third-order valence-electron chi connectivity index (χ3n) is 9.97. The van der Waals surface area contributed by atoms with Gasteiger partial charge in [-0.2, -0.15) is 0 Å². The number of rotatable bonds is 42. The van der Waals surface area contributed by atoms with E-state index in [1.54, 1.807) is 0 Å². The van der Waals surface area contributed by atoms with Gasteiger partial charge in [0.1, 0.15) is 6.61 Å². The molecule has 0 bridgehead atoms. The number of allylic oxidation sites excluding steroid dienone is 4. The van der Waals surface area contributed by atoms with Crippen LogP contribution in [0.5, 0.6) is 0 Å². The molecule has 0 aliphatic carbocycles.